The van der Waals surface area contributed by atoms with Crippen molar-refractivity contribution in [2.75, 3.05) is 0 Å². The molecule has 1 aliphatic carbocycles. The van der Waals surface area contributed by atoms with E-state index in [9.17, 15) is 8.78 Å². The van der Waals surface area contributed by atoms with E-state index in [-0.39, 0.29) is 11.5 Å². The summed E-state index contributed by atoms with van der Waals surface area (Å²) in [6, 6.07) is 0. The predicted octanol–water partition coefficient (Wildman–Crippen LogP) is 3.83. The molecule has 0 radical (unpaired) electrons. The van der Waals surface area contributed by atoms with Crippen LogP contribution in [0.2, 0.25) is 0 Å². The highest BCUT2D eigenvalue weighted by molar-refractivity contribution is 4.81. The van der Waals surface area contributed by atoms with E-state index in [0.29, 0.717) is 5.92 Å². The molecule has 0 spiro atoms. The first-order valence-electron chi connectivity index (χ1n) is 5.33. The quantitative estimate of drug-likeness (QED) is 0.667. The van der Waals surface area contributed by atoms with Crippen LogP contribution in [0.5, 0.6) is 0 Å². The highest BCUT2D eigenvalue weighted by Crippen LogP contribution is 2.38. The molecule has 1 rings (SSSR count). The van der Waals surface area contributed by atoms with Crippen LogP contribution in [-0.2, 0) is 4.74 Å². The van der Waals surface area contributed by atoms with Crippen LogP contribution in [0.25, 0.3) is 0 Å². The molecular formula is C11H20F2O. The van der Waals surface area contributed by atoms with Crippen molar-refractivity contribution in [1.29, 1.82) is 0 Å². The zero-order chi connectivity index (χ0) is 10.8. The van der Waals surface area contributed by atoms with E-state index >= 15 is 0 Å². The molecule has 0 amide bonds. The molecule has 1 aliphatic rings. The minimum atomic E-state index is -2.61. The van der Waals surface area contributed by atoms with Crippen molar-refractivity contribution in [2.24, 2.45) is 11.3 Å². The van der Waals surface area contributed by atoms with Crippen LogP contribution >= 0.6 is 0 Å². The first kappa shape index (κ1) is 11.9. The van der Waals surface area contributed by atoms with Crippen LogP contribution in [-0.4, -0.2) is 12.7 Å². The molecule has 2 unspecified atom stereocenters. The molecule has 1 saturated carbocycles. The Morgan fingerprint density at radius 3 is 2.36 bits per heavy atom. The number of hydrogen-bond acceptors (Lipinski definition) is 1. The van der Waals surface area contributed by atoms with Crippen molar-refractivity contribution in [3.05, 3.63) is 0 Å². The topological polar surface area (TPSA) is 9.23 Å². The van der Waals surface area contributed by atoms with Gasteiger partial charge in [0, 0.05) is 0 Å². The Labute approximate surface area is 84.8 Å². The van der Waals surface area contributed by atoms with Gasteiger partial charge in [-0.25, -0.2) is 0 Å². The zero-order valence-electron chi connectivity index (χ0n) is 9.22. The molecule has 0 saturated heterocycles. The summed E-state index contributed by atoms with van der Waals surface area (Å²) in [5, 5.41) is 0. The highest BCUT2D eigenvalue weighted by atomic mass is 19.3. The Kier molecular flexibility index (Phi) is 3.87. The Balaban J connectivity index is 2.44. The van der Waals surface area contributed by atoms with Gasteiger partial charge in [0.15, 0.2) is 0 Å². The van der Waals surface area contributed by atoms with Gasteiger partial charge in [0.25, 0.3) is 0 Å². The minimum Gasteiger partial charge on any atom is -0.320 e. The lowest BCUT2D eigenvalue weighted by molar-refractivity contribution is -0.176. The van der Waals surface area contributed by atoms with Crippen molar-refractivity contribution < 1.29 is 13.5 Å². The SMILES string of the molecule is CC(C)(C)C1CCCC(OC(F)F)C1. The van der Waals surface area contributed by atoms with Crippen molar-refractivity contribution in [2.45, 2.75) is 59.2 Å². The Morgan fingerprint density at radius 1 is 1.21 bits per heavy atom. The minimum absolute atomic E-state index is 0.212. The molecule has 3 heteroatoms. The second-order valence-electron chi connectivity index (χ2n) is 5.25. The van der Waals surface area contributed by atoms with Crippen LogP contribution in [0.15, 0.2) is 0 Å². The van der Waals surface area contributed by atoms with Crippen LogP contribution in [0.3, 0.4) is 0 Å². The van der Waals surface area contributed by atoms with Crippen molar-refractivity contribution in [1.82, 2.24) is 0 Å². The average Bonchev–Trinajstić information content (AvgIpc) is 2.01. The molecule has 84 valence electrons. The summed E-state index contributed by atoms with van der Waals surface area (Å²) in [5.41, 5.74) is 0.212. The smallest absolute Gasteiger partial charge is 0.320 e. The van der Waals surface area contributed by atoms with Crippen molar-refractivity contribution in [3.63, 3.8) is 0 Å². The Hall–Kier alpha value is -0.180. The summed E-state index contributed by atoms with van der Waals surface area (Å²) < 4.78 is 28.6. The number of ether oxygens (including phenoxy) is 1. The summed E-state index contributed by atoms with van der Waals surface area (Å²) in [6.45, 7) is 3.89. The molecule has 0 N–H and O–H groups in total. The molecule has 1 nitrogen and oxygen atoms in total. The molecule has 2 atom stereocenters. The van der Waals surface area contributed by atoms with E-state index in [1.165, 1.54) is 0 Å². The molecule has 0 bridgehead atoms. The van der Waals surface area contributed by atoms with Crippen LogP contribution in [0, 0.1) is 11.3 Å². The summed E-state index contributed by atoms with van der Waals surface area (Å²) >= 11 is 0. The fourth-order valence-electron chi connectivity index (χ4n) is 2.20. The first-order chi connectivity index (χ1) is 6.39. The largest absolute Gasteiger partial charge is 0.345 e. The molecular weight excluding hydrogens is 186 g/mol. The normalized spacial score (nSPS) is 29.6. The van der Waals surface area contributed by atoms with Crippen LogP contribution in [0.1, 0.15) is 46.5 Å². The maximum absolute atomic E-state index is 12.0. The lowest BCUT2D eigenvalue weighted by atomic mass is 9.71. The van der Waals surface area contributed by atoms with E-state index in [1.54, 1.807) is 0 Å². The molecule has 0 heterocycles. The van der Waals surface area contributed by atoms with Gasteiger partial charge < -0.3 is 4.74 Å². The lowest BCUT2D eigenvalue weighted by Gasteiger charge is -2.37. The molecule has 0 aliphatic heterocycles. The van der Waals surface area contributed by atoms with Gasteiger partial charge >= 0.3 is 6.61 Å². The molecule has 0 aromatic carbocycles. The van der Waals surface area contributed by atoms with Crippen LogP contribution < -0.4 is 0 Å². The van der Waals surface area contributed by atoms with Gasteiger partial charge in [0.05, 0.1) is 6.10 Å². The molecule has 1 fully saturated rings. The lowest BCUT2D eigenvalue weighted by Crippen LogP contribution is -2.31. The third-order valence-electron chi connectivity index (χ3n) is 3.15. The molecule has 0 aromatic rings. The van der Waals surface area contributed by atoms with E-state index in [4.69, 9.17) is 0 Å². The van der Waals surface area contributed by atoms with Crippen LogP contribution in [0.4, 0.5) is 8.78 Å². The summed E-state index contributed by atoms with van der Waals surface area (Å²) in [5.74, 6) is 0.514. The monoisotopic (exact) mass is 206 g/mol. The van der Waals surface area contributed by atoms with E-state index < -0.39 is 6.61 Å². The zero-order valence-corrected chi connectivity index (χ0v) is 9.22. The van der Waals surface area contributed by atoms with E-state index in [0.717, 1.165) is 25.7 Å². The van der Waals surface area contributed by atoms with Gasteiger partial charge in [-0.1, -0.05) is 27.2 Å². The van der Waals surface area contributed by atoms with Crippen molar-refractivity contribution in [3.8, 4) is 0 Å². The fraction of sp³-hybridized carbons (Fsp3) is 1.00. The third kappa shape index (κ3) is 3.52. The number of alkyl halides is 2. The van der Waals surface area contributed by atoms with Gasteiger partial charge in [-0.05, 0) is 30.6 Å². The third-order valence-corrected chi connectivity index (χ3v) is 3.15. The van der Waals surface area contributed by atoms with Gasteiger partial charge in [-0.15, -0.1) is 0 Å². The number of rotatable bonds is 2. The van der Waals surface area contributed by atoms with E-state index in [2.05, 4.69) is 25.5 Å². The summed E-state index contributed by atoms with van der Waals surface area (Å²) in [4.78, 5) is 0. The first-order valence-corrected chi connectivity index (χ1v) is 5.33. The van der Waals surface area contributed by atoms with Gasteiger partial charge in [0.1, 0.15) is 0 Å². The number of halogens is 2. The predicted molar refractivity (Wildman–Crippen MR) is 52.3 cm³/mol. The molecule has 14 heavy (non-hydrogen) atoms. The van der Waals surface area contributed by atoms with Gasteiger partial charge in [-0.3, -0.25) is 0 Å². The second-order valence-corrected chi connectivity index (χ2v) is 5.25. The summed E-state index contributed by atoms with van der Waals surface area (Å²) in [6.07, 6.45) is 3.50. The molecule has 0 aromatic heterocycles. The standard InChI is InChI=1S/C11H20F2O/c1-11(2,3)8-5-4-6-9(7-8)14-10(12)13/h8-10H,4-7H2,1-3H3. The summed E-state index contributed by atoms with van der Waals surface area (Å²) in [7, 11) is 0. The average molecular weight is 206 g/mol. The van der Waals surface area contributed by atoms with E-state index in [1.807, 2.05) is 0 Å². The Bertz CT molecular complexity index is 175. The maximum Gasteiger partial charge on any atom is 0.345 e. The van der Waals surface area contributed by atoms with Gasteiger partial charge in [-0.2, -0.15) is 8.78 Å². The fourth-order valence-corrected chi connectivity index (χ4v) is 2.20. The second kappa shape index (κ2) is 4.56. The van der Waals surface area contributed by atoms with Crippen molar-refractivity contribution >= 4 is 0 Å². The maximum atomic E-state index is 12.0. The number of hydrogen-bond donors (Lipinski definition) is 0. The Morgan fingerprint density at radius 2 is 1.86 bits per heavy atom. The highest BCUT2D eigenvalue weighted by Gasteiger charge is 2.31. The van der Waals surface area contributed by atoms with Gasteiger partial charge in [0.2, 0.25) is 0 Å².